The van der Waals surface area contributed by atoms with Gasteiger partial charge in [-0.15, -0.1) is 0 Å². The Morgan fingerprint density at radius 2 is 1.94 bits per heavy atom. The molecule has 1 fully saturated rings. The fraction of sp³-hybridized carbons (Fsp3) is 0.346. The summed E-state index contributed by atoms with van der Waals surface area (Å²) in [4.78, 5) is 19.3. The summed E-state index contributed by atoms with van der Waals surface area (Å²) in [6.45, 7) is 8.97. The van der Waals surface area contributed by atoms with Crippen LogP contribution in [-0.4, -0.2) is 32.0 Å². The Kier molecular flexibility index (Phi) is 6.97. The molecular weight excluding hydrogens is 449 g/mol. The van der Waals surface area contributed by atoms with Crippen molar-refractivity contribution in [1.29, 1.82) is 0 Å². The van der Waals surface area contributed by atoms with Crippen LogP contribution < -0.4 is 10.6 Å². The lowest BCUT2D eigenvalue weighted by Gasteiger charge is -2.28. The fourth-order valence-electron chi connectivity index (χ4n) is 4.88. The molecule has 2 unspecified atom stereocenters. The lowest BCUT2D eigenvalue weighted by atomic mass is 9.96. The van der Waals surface area contributed by atoms with Crippen molar-refractivity contribution in [1.82, 2.24) is 19.8 Å². The lowest BCUT2D eigenvalue weighted by Crippen LogP contribution is -2.33. The second-order valence-corrected chi connectivity index (χ2v) is 9.27. The number of benzene rings is 1. The first-order valence-electron chi connectivity index (χ1n) is 11.5. The molecule has 0 aliphatic carbocycles. The molecule has 2 N–H and O–H groups in total. The van der Waals surface area contributed by atoms with E-state index in [1.165, 1.54) is 17.5 Å². The van der Waals surface area contributed by atoms with E-state index in [9.17, 15) is 9.18 Å². The van der Waals surface area contributed by atoms with Gasteiger partial charge in [-0.3, -0.25) is 9.78 Å². The van der Waals surface area contributed by atoms with Crippen molar-refractivity contribution in [2.45, 2.75) is 52.2 Å². The van der Waals surface area contributed by atoms with Gasteiger partial charge in [0.05, 0.1) is 23.5 Å². The summed E-state index contributed by atoms with van der Waals surface area (Å²) >= 11 is 5.72. The maximum Gasteiger partial charge on any atom is 0.226 e. The third kappa shape index (κ3) is 4.68. The van der Waals surface area contributed by atoms with E-state index < -0.39 is 5.82 Å². The average molecular weight is 480 g/mol. The number of rotatable bonds is 7. The predicted octanol–water partition coefficient (Wildman–Crippen LogP) is 5.22. The van der Waals surface area contributed by atoms with Crippen LogP contribution in [0, 0.1) is 19.7 Å². The zero-order valence-corrected chi connectivity index (χ0v) is 20.7. The van der Waals surface area contributed by atoms with Gasteiger partial charge in [0.25, 0.3) is 0 Å². The summed E-state index contributed by atoms with van der Waals surface area (Å²) in [7, 11) is 0. The van der Waals surface area contributed by atoms with Crippen LogP contribution in [0.3, 0.4) is 0 Å². The van der Waals surface area contributed by atoms with Crippen LogP contribution in [0.25, 0.3) is 0 Å². The zero-order chi connectivity index (χ0) is 24.4. The topological polar surface area (TPSA) is 62.2 Å². The van der Waals surface area contributed by atoms with Crippen LogP contribution >= 0.6 is 12.2 Å². The number of amides is 1. The van der Waals surface area contributed by atoms with Gasteiger partial charge in [0.2, 0.25) is 5.91 Å². The van der Waals surface area contributed by atoms with Gasteiger partial charge in [0.1, 0.15) is 5.82 Å². The maximum absolute atomic E-state index is 14.0. The van der Waals surface area contributed by atoms with Crippen LogP contribution in [-0.2, 0) is 4.79 Å². The van der Waals surface area contributed by atoms with E-state index in [0.717, 1.165) is 11.3 Å². The molecule has 4 rings (SSSR count). The molecule has 0 spiro atoms. The molecular formula is C26H30FN5OS. The van der Waals surface area contributed by atoms with E-state index in [-0.39, 0.29) is 30.1 Å². The Balaban J connectivity index is 1.62. The summed E-state index contributed by atoms with van der Waals surface area (Å²) in [6, 6.07) is 14.3. The lowest BCUT2D eigenvalue weighted by molar-refractivity contribution is -0.116. The Labute approximate surface area is 205 Å². The zero-order valence-electron chi connectivity index (χ0n) is 19.9. The Morgan fingerprint density at radius 3 is 2.59 bits per heavy atom. The molecule has 0 radical (unpaired) electrons. The normalized spacial score (nSPS) is 17.8. The van der Waals surface area contributed by atoms with Crippen molar-refractivity contribution >= 4 is 28.9 Å². The first-order chi connectivity index (χ1) is 16.3. The monoisotopic (exact) mass is 479 g/mol. The number of carbonyl (C=O) groups is 1. The molecule has 34 heavy (non-hydrogen) atoms. The Morgan fingerprint density at radius 1 is 1.21 bits per heavy atom. The third-order valence-electron chi connectivity index (χ3n) is 6.28. The van der Waals surface area contributed by atoms with Crippen molar-refractivity contribution in [3.63, 3.8) is 0 Å². The molecule has 1 aromatic carbocycles. The van der Waals surface area contributed by atoms with E-state index >= 15 is 0 Å². The highest BCUT2D eigenvalue weighted by atomic mass is 32.1. The first-order valence-corrected chi connectivity index (χ1v) is 11.9. The minimum Gasteiger partial charge on any atom is -0.352 e. The summed E-state index contributed by atoms with van der Waals surface area (Å²) in [6.07, 6.45) is 1.95. The van der Waals surface area contributed by atoms with Crippen molar-refractivity contribution in [3.8, 4) is 0 Å². The minimum atomic E-state index is -0.455. The van der Waals surface area contributed by atoms with Crippen molar-refractivity contribution < 1.29 is 9.18 Å². The van der Waals surface area contributed by atoms with E-state index in [1.807, 2.05) is 18.2 Å². The molecule has 1 aliphatic heterocycles. The molecule has 3 aromatic rings. The summed E-state index contributed by atoms with van der Waals surface area (Å²) in [5.41, 5.74) is 4.58. The highest BCUT2D eigenvalue weighted by molar-refractivity contribution is 7.80. The van der Waals surface area contributed by atoms with Crippen LogP contribution in [0.15, 0.2) is 54.7 Å². The largest absolute Gasteiger partial charge is 0.352 e. The van der Waals surface area contributed by atoms with Gasteiger partial charge >= 0.3 is 0 Å². The van der Waals surface area contributed by atoms with E-state index in [1.54, 1.807) is 24.4 Å². The number of carbonyl (C=O) groups excluding carboxylic acids is 1. The minimum absolute atomic E-state index is 0.123. The molecule has 0 bridgehead atoms. The van der Waals surface area contributed by atoms with Gasteiger partial charge in [-0.05, 0) is 75.8 Å². The molecule has 1 aliphatic rings. The van der Waals surface area contributed by atoms with Gasteiger partial charge < -0.3 is 20.1 Å². The number of nitrogens with zero attached hydrogens (tertiary/aromatic N) is 3. The van der Waals surface area contributed by atoms with Gasteiger partial charge in [-0.2, -0.15) is 0 Å². The van der Waals surface area contributed by atoms with Gasteiger partial charge in [0, 0.05) is 36.6 Å². The molecule has 2 atom stereocenters. The summed E-state index contributed by atoms with van der Waals surface area (Å²) in [5, 5.41) is 6.67. The predicted molar refractivity (Wildman–Crippen MR) is 136 cm³/mol. The second kappa shape index (κ2) is 9.93. The first kappa shape index (κ1) is 23.9. The van der Waals surface area contributed by atoms with Crippen LogP contribution in [0.4, 0.5) is 10.1 Å². The third-order valence-corrected chi connectivity index (χ3v) is 6.64. The molecule has 0 saturated carbocycles. The quantitative estimate of drug-likeness (QED) is 0.455. The molecule has 178 valence electrons. The molecule has 6 nitrogen and oxygen atoms in total. The van der Waals surface area contributed by atoms with Crippen LogP contribution in [0.2, 0.25) is 0 Å². The van der Waals surface area contributed by atoms with Gasteiger partial charge in [0.15, 0.2) is 5.11 Å². The number of aromatic nitrogens is 2. The maximum atomic E-state index is 14.0. The molecule has 8 heteroatoms. The number of hydrogen-bond donors (Lipinski definition) is 2. The summed E-state index contributed by atoms with van der Waals surface area (Å²) in [5.74, 6) is -0.719. The van der Waals surface area contributed by atoms with E-state index in [2.05, 4.69) is 58.8 Å². The number of halogens is 1. The number of aryl methyl sites for hydroxylation is 1. The van der Waals surface area contributed by atoms with Gasteiger partial charge in [-0.25, -0.2) is 4.39 Å². The van der Waals surface area contributed by atoms with E-state index in [0.29, 0.717) is 17.7 Å². The second-order valence-electron chi connectivity index (χ2n) is 8.89. The number of anilines is 1. The van der Waals surface area contributed by atoms with E-state index in [4.69, 9.17) is 12.2 Å². The molecule has 3 heterocycles. The fourth-order valence-corrected chi connectivity index (χ4v) is 5.21. The molecule has 2 aromatic heterocycles. The van der Waals surface area contributed by atoms with Crippen LogP contribution in [0.5, 0.6) is 0 Å². The number of pyridine rings is 1. The Bertz CT molecular complexity index is 1190. The van der Waals surface area contributed by atoms with Crippen molar-refractivity contribution in [2.75, 3.05) is 11.9 Å². The highest BCUT2D eigenvalue weighted by Gasteiger charge is 2.41. The Hall–Kier alpha value is -3.26. The highest BCUT2D eigenvalue weighted by Crippen LogP contribution is 2.41. The van der Waals surface area contributed by atoms with Gasteiger partial charge in [-0.1, -0.05) is 18.2 Å². The average Bonchev–Trinajstić information content (AvgIpc) is 3.29. The number of thiocarbonyl (C=S) groups is 1. The number of nitrogens with one attached hydrogen (secondary N) is 2. The number of para-hydroxylation sites is 1. The smallest absolute Gasteiger partial charge is 0.226 e. The summed E-state index contributed by atoms with van der Waals surface area (Å²) < 4.78 is 16.3. The van der Waals surface area contributed by atoms with Crippen molar-refractivity contribution in [2.24, 2.45) is 0 Å². The molecule has 1 saturated heterocycles. The van der Waals surface area contributed by atoms with Crippen molar-refractivity contribution in [3.05, 3.63) is 83.2 Å². The SMILES string of the molecule is Cc1cc(C2C(c3ccccn3)NC(=S)N2CCC(=O)Nc2ccccc2F)c(C)n1C(C)C. The standard InChI is InChI=1S/C26H30FN5OS/c1-16(2)32-17(3)15-19(18(32)4)25-24(22-11-7-8-13-28-22)30-26(34)31(25)14-12-23(33)29-21-10-6-5-9-20(21)27/h5-11,13,15-16,24-25H,12,14H2,1-4H3,(H,29,33)(H,30,34). The number of hydrogen-bond acceptors (Lipinski definition) is 3. The van der Waals surface area contributed by atoms with Crippen LogP contribution in [0.1, 0.15) is 61.0 Å². The molecule has 1 amide bonds.